The van der Waals surface area contributed by atoms with Gasteiger partial charge < -0.3 is 10.7 Å². The number of H-pyrrole nitrogens is 1. The lowest BCUT2D eigenvalue weighted by molar-refractivity contribution is 0.818. The molecule has 4 nitrogen and oxygen atoms in total. The van der Waals surface area contributed by atoms with E-state index in [1.165, 1.54) is 11.3 Å². The summed E-state index contributed by atoms with van der Waals surface area (Å²) >= 11 is 1.41. The average molecular weight is 345 g/mol. The van der Waals surface area contributed by atoms with Gasteiger partial charge in [0.25, 0.3) is 5.56 Å². The molecule has 4 aromatic rings. The van der Waals surface area contributed by atoms with Crippen LogP contribution in [-0.2, 0) is 0 Å². The van der Waals surface area contributed by atoms with Gasteiger partial charge in [-0.1, -0.05) is 24.3 Å². The van der Waals surface area contributed by atoms with Crippen LogP contribution in [0.1, 0.15) is 24.1 Å². The van der Waals surface area contributed by atoms with Crippen molar-refractivity contribution in [1.29, 1.82) is 5.26 Å². The van der Waals surface area contributed by atoms with Crippen LogP contribution >= 0.6 is 11.3 Å². The van der Waals surface area contributed by atoms with Crippen molar-refractivity contribution < 1.29 is 0 Å². The molecule has 0 radical (unpaired) electrons. The number of aromatic nitrogens is 1. The number of nitrogens with two attached hydrogens (primary N) is 1. The molecule has 0 saturated heterocycles. The van der Waals surface area contributed by atoms with E-state index in [0.29, 0.717) is 10.3 Å². The Hall–Kier alpha value is -2.94. The Balaban J connectivity index is 2.12. The van der Waals surface area contributed by atoms with E-state index < -0.39 is 0 Å². The third kappa shape index (κ3) is 2.43. The molecule has 0 fully saturated rings. The maximum atomic E-state index is 12.3. The van der Waals surface area contributed by atoms with Crippen LogP contribution in [0.3, 0.4) is 0 Å². The van der Waals surface area contributed by atoms with Crippen molar-refractivity contribution >= 4 is 32.3 Å². The Morgan fingerprint density at radius 2 is 1.92 bits per heavy atom. The Morgan fingerprint density at radius 1 is 1.16 bits per heavy atom. The quantitative estimate of drug-likeness (QED) is 0.568. The lowest BCUT2D eigenvalue weighted by Gasteiger charge is -2.12. The number of nitrogens with zero attached hydrogens (tertiary/aromatic N) is 1. The van der Waals surface area contributed by atoms with Gasteiger partial charge in [-0.15, -0.1) is 11.3 Å². The molecule has 0 bridgehead atoms. The summed E-state index contributed by atoms with van der Waals surface area (Å²) in [6, 6.07) is 15.7. The lowest BCUT2D eigenvalue weighted by Crippen LogP contribution is -2.05. The number of benzene rings is 2. The third-order valence-corrected chi connectivity index (χ3v) is 5.35. The number of pyridine rings is 1. The zero-order valence-electron chi connectivity index (χ0n) is 13.5. The van der Waals surface area contributed by atoms with E-state index in [2.05, 4.69) is 11.1 Å². The average Bonchev–Trinajstić information content (AvgIpc) is 3.11. The molecule has 0 saturated carbocycles. The summed E-state index contributed by atoms with van der Waals surface area (Å²) in [7, 11) is 0. The molecule has 1 atom stereocenters. The maximum absolute atomic E-state index is 12.3. The minimum Gasteiger partial charge on any atom is -0.324 e. The van der Waals surface area contributed by atoms with Gasteiger partial charge in [0.2, 0.25) is 0 Å². The summed E-state index contributed by atoms with van der Waals surface area (Å²) in [6.45, 7) is 1.94. The van der Waals surface area contributed by atoms with E-state index in [0.717, 1.165) is 33.0 Å². The van der Waals surface area contributed by atoms with Gasteiger partial charge in [0, 0.05) is 27.9 Å². The van der Waals surface area contributed by atoms with Crippen LogP contribution in [-0.4, -0.2) is 4.98 Å². The van der Waals surface area contributed by atoms with Crippen LogP contribution in [0.15, 0.2) is 52.6 Å². The van der Waals surface area contributed by atoms with Gasteiger partial charge in [-0.2, -0.15) is 5.26 Å². The van der Waals surface area contributed by atoms with E-state index in [-0.39, 0.29) is 11.6 Å². The van der Waals surface area contributed by atoms with Gasteiger partial charge in [-0.25, -0.2) is 0 Å². The highest BCUT2D eigenvalue weighted by Crippen LogP contribution is 2.36. The van der Waals surface area contributed by atoms with E-state index in [1.807, 2.05) is 42.6 Å². The Labute approximate surface area is 148 Å². The van der Waals surface area contributed by atoms with Gasteiger partial charge in [-0.3, -0.25) is 4.79 Å². The van der Waals surface area contributed by atoms with Gasteiger partial charge in [0.15, 0.2) is 0 Å². The number of rotatable bonds is 2. The van der Waals surface area contributed by atoms with E-state index in [9.17, 15) is 10.1 Å². The normalized spacial score (nSPS) is 12.4. The molecule has 0 aliphatic rings. The topological polar surface area (TPSA) is 82.7 Å². The van der Waals surface area contributed by atoms with Gasteiger partial charge >= 0.3 is 0 Å². The van der Waals surface area contributed by atoms with Crippen LogP contribution in [0.2, 0.25) is 0 Å². The van der Waals surface area contributed by atoms with Crippen LogP contribution < -0.4 is 11.3 Å². The van der Waals surface area contributed by atoms with Crippen molar-refractivity contribution in [3.63, 3.8) is 0 Å². The van der Waals surface area contributed by atoms with Crippen molar-refractivity contribution in [1.82, 2.24) is 4.98 Å². The molecular weight excluding hydrogens is 330 g/mol. The highest BCUT2D eigenvalue weighted by Gasteiger charge is 2.15. The summed E-state index contributed by atoms with van der Waals surface area (Å²) < 4.78 is 0.677. The zero-order chi connectivity index (χ0) is 17.6. The number of nitriles is 1. The Kier molecular flexibility index (Phi) is 3.65. The summed E-state index contributed by atoms with van der Waals surface area (Å²) in [5.41, 5.74) is 9.98. The van der Waals surface area contributed by atoms with E-state index in [1.54, 1.807) is 12.1 Å². The SMILES string of the molecule is CC(N)c1ccc(-c2c(C#N)ccc3[nH]c(=O)c4sccc4c23)cc1. The second kappa shape index (κ2) is 5.85. The van der Waals surface area contributed by atoms with Crippen LogP contribution in [0, 0.1) is 11.3 Å². The Bertz CT molecular complexity index is 1190. The summed E-state index contributed by atoms with van der Waals surface area (Å²) in [6.07, 6.45) is 0. The minimum atomic E-state index is -0.0968. The largest absolute Gasteiger partial charge is 0.324 e. The zero-order valence-corrected chi connectivity index (χ0v) is 14.4. The molecule has 0 spiro atoms. The molecule has 25 heavy (non-hydrogen) atoms. The number of hydrogen-bond donors (Lipinski definition) is 2. The van der Waals surface area contributed by atoms with Crippen LogP contribution in [0.4, 0.5) is 0 Å². The van der Waals surface area contributed by atoms with Gasteiger partial charge in [0.1, 0.15) is 4.70 Å². The van der Waals surface area contributed by atoms with Crippen molar-refractivity contribution in [2.45, 2.75) is 13.0 Å². The standard InChI is InChI=1S/C20H15N3OS/c1-11(22)12-2-4-13(5-3-12)17-14(10-21)6-7-16-18(17)15-8-9-25-19(15)20(24)23-16/h2-9,11H,22H2,1H3,(H,23,24). The van der Waals surface area contributed by atoms with Crippen molar-refractivity contribution in [3.05, 3.63) is 69.3 Å². The molecule has 0 aliphatic carbocycles. The fraction of sp³-hybridized carbons (Fsp3) is 0.100. The summed E-state index contributed by atoms with van der Waals surface area (Å²) in [5, 5.41) is 13.3. The van der Waals surface area contributed by atoms with E-state index >= 15 is 0 Å². The molecule has 0 aliphatic heterocycles. The second-order valence-corrected chi connectivity index (χ2v) is 6.97. The van der Waals surface area contributed by atoms with Crippen LogP contribution in [0.25, 0.3) is 32.1 Å². The Morgan fingerprint density at radius 3 is 2.60 bits per heavy atom. The third-order valence-electron chi connectivity index (χ3n) is 4.44. The summed E-state index contributed by atoms with van der Waals surface area (Å²) in [4.78, 5) is 15.2. The first kappa shape index (κ1) is 15.6. The second-order valence-electron chi connectivity index (χ2n) is 6.05. The molecule has 3 N–H and O–H groups in total. The number of hydrogen-bond acceptors (Lipinski definition) is 4. The van der Waals surface area contributed by atoms with Crippen molar-refractivity contribution in [2.75, 3.05) is 0 Å². The number of nitrogens with one attached hydrogen (secondary N) is 1. The smallest absolute Gasteiger partial charge is 0.266 e. The highest BCUT2D eigenvalue weighted by molar-refractivity contribution is 7.17. The molecule has 5 heteroatoms. The first-order chi connectivity index (χ1) is 12.1. The highest BCUT2D eigenvalue weighted by atomic mass is 32.1. The van der Waals surface area contributed by atoms with Crippen molar-refractivity contribution in [2.24, 2.45) is 5.73 Å². The predicted molar refractivity (Wildman–Crippen MR) is 103 cm³/mol. The van der Waals surface area contributed by atoms with Crippen LogP contribution in [0.5, 0.6) is 0 Å². The predicted octanol–water partition coefficient (Wildman–Crippen LogP) is 4.30. The fourth-order valence-corrected chi connectivity index (χ4v) is 3.99. The lowest BCUT2D eigenvalue weighted by atomic mass is 9.93. The molecule has 2 heterocycles. The molecule has 122 valence electrons. The molecule has 1 unspecified atom stereocenters. The first-order valence-electron chi connectivity index (χ1n) is 7.92. The molecule has 2 aromatic carbocycles. The fourth-order valence-electron chi connectivity index (χ4n) is 3.19. The van der Waals surface area contributed by atoms with Crippen molar-refractivity contribution in [3.8, 4) is 17.2 Å². The monoisotopic (exact) mass is 345 g/mol. The molecular formula is C20H15N3OS. The number of fused-ring (bicyclic) bond motifs is 3. The van der Waals surface area contributed by atoms with E-state index in [4.69, 9.17) is 5.73 Å². The molecule has 2 aromatic heterocycles. The van der Waals surface area contributed by atoms with Gasteiger partial charge in [-0.05, 0) is 41.6 Å². The maximum Gasteiger partial charge on any atom is 0.266 e. The molecule has 0 amide bonds. The number of thiophene rings is 1. The van der Waals surface area contributed by atoms with Gasteiger partial charge in [0.05, 0.1) is 11.6 Å². The summed E-state index contributed by atoms with van der Waals surface area (Å²) in [5.74, 6) is 0. The first-order valence-corrected chi connectivity index (χ1v) is 8.80. The minimum absolute atomic E-state index is 0.0445. The number of aromatic amines is 1. The molecule has 4 rings (SSSR count).